The van der Waals surface area contributed by atoms with Gasteiger partial charge in [0, 0.05) is 29.9 Å². The monoisotopic (exact) mass is 374 g/mol. The Bertz CT molecular complexity index is 497. The highest BCUT2D eigenvalue weighted by atomic mass is 79.9. The van der Waals surface area contributed by atoms with Crippen molar-refractivity contribution >= 4 is 27.5 Å². The maximum atomic E-state index is 10.8. The van der Waals surface area contributed by atoms with Gasteiger partial charge in [0.05, 0.1) is 16.7 Å². The summed E-state index contributed by atoms with van der Waals surface area (Å²) in [6.07, 6.45) is 3.04. The third-order valence-corrected chi connectivity index (χ3v) is 5.99. The lowest BCUT2D eigenvalue weighted by molar-refractivity contribution is -0.159. The molecule has 2 fully saturated rings. The van der Waals surface area contributed by atoms with E-state index in [0.29, 0.717) is 11.6 Å². The van der Waals surface area contributed by atoms with E-state index in [-0.39, 0.29) is 11.5 Å². The first-order valence-electron chi connectivity index (χ1n) is 7.45. The molecule has 5 heteroatoms. The van der Waals surface area contributed by atoms with E-state index in [1.165, 1.54) is 0 Å². The molecule has 116 valence electrons. The van der Waals surface area contributed by atoms with Crippen molar-refractivity contribution in [1.82, 2.24) is 0 Å². The Balaban J connectivity index is 1.78. The van der Waals surface area contributed by atoms with Crippen molar-refractivity contribution in [1.29, 1.82) is 0 Å². The second-order valence-electron chi connectivity index (χ2n) is 5.98. The van der Waals surface area contributed by atoms with E-state index in [1.54, 1.807) is 0 Å². The third kappa shape index (κ3) is 3.30. The largest absolute Gasteiger partial charge is 0.388 e. The summed E-state index contributed by atoms with van der Waals surface area (Å²) in [5, 5.41) is 11.4. The van der Waals surface area contributed by atoms with Gasteiger partial charge < -0.3 is 14.6 Å². The van der Waals surface area contributed by atoms with E-state index >= 15 is 0 Å². The molecule has 1 aromatic carbocycles. The molecule has 3 nitrogen and oxygen atoms in total. The predicted octanol–water partition coefficient (Wildman–Crippen LogP) is 4.11. The van der Waals surface area contributed by atoms with Crippen LogP contribution in [-0.4, -0.2) is 30.5 Å². The fraction of sp³-hybridized carbons (Fsp3) is 0.625. The van der Waals surface area contributed by atoms with Gasteiger partial charge in [0.25, 0.3) is 0 Å². The molecule has 0 amide bonds. The molecule has 2 unspecified atom stereocenters. The van der Waals surface area contributed by atoms with Crippen LogP contribution in [0.1, 0.15) is 37.4 Å². The molecule has 0 aliphatic carbocycles. The van der Waals surface area contributed by atoms with Crippen LogP contribution >= 0.6 is 27.5 Å². The van der Waals surface area contributed by atoms with Gasteiger partial charge in [-0.1, -0.05) is 23.7 Å². The number of aliphatic hydroxyl groups excluding tert-OH is 1. The van der Waals surface area contributed by atoms with Gasteiger partial charge in [0.15, 0.2) is 0 Å². The summed E-state index contributed by atoms with van der Waals surface area (Å²) in [6.45, 7) is 2.20. The smallest absolute Gasteiger partial charge is 0.0834 e. The molecule has 21 heavy (non-hydrogen) atoms. The van der Waals surface area contributed by atoms with Crippen LogP contribution in [0.15, 0.2) is 22.7 Å². The molecular formula is C16H20BrClO3. The number of aliphatic hydroxyl groups is 1. The molecule has 1 spiro atoms. The highest BCUT2D eigenvalue weighted by molar-refractivity contribution is 9.10. The Labute approximate surface area is 138 Å². The molecule has 2 atom stereocenters. The van der Waals surface area contributed by atoms with Crippen molar-refractivity contribution in [3.05, 3.63) is 33.3 Å². The number of ether oxygens (including phenoxy) is 2. The third-order valence-electron chi connectivity index (χ3n) is 4.68. The summed E-state index contributed by atoms with van der Waals surface area (Å²) in [5.74, 6) is 0.184. The highest BCUT2D eigenvalue weighted by Gasteiger charge is 2.41. The van der Waals surface area contributed by atoms with Gasteiger partial charge >= 0.3 is 0 Å². The van der Waals surface area contributed by atoms with Gasteiger partial charge in [0.2, 0.25) is 0 Å². The van der Waals surface area contributed by atoms with Gasteiger partial charge in [-0.25, -0.2) is 0 Å². The summed E-state index contributed by atoms with van der Waals surface area (Å²) < 4.78 is 12.3. The van der Waals surface area contributed by atoms with Crippen LogP contribution in [0, 0.1) is 5.92 Å². The summed E-state index contributed by atoms with van der Waals surface area (Å²) in [4.78, 5) is 0. The zero-order valence-corrected chi connectivity index (χ0v) is 14.2. The molecule has 0 aromatic heterocycles. The average molecular weight is 376 g/mol. The van der Waals surface area contributed by atoms with E-state index in [2.05, 4.69) is 15.9 Å². The Morgan fingerprint density at radius 3 is 2.81 bits per heavy atom. The maximum Gasteiger partial charge on any atom is 0.0834 e. The zero-order chi connectivity index (χ0) is 14.9. The molecule has 1 aromatic rings. The van der Waals surface area contributed by atoms with E-state index in [4.69, 9.17) is 21.1 Å². The van der Waals surface area contributed by atoms with Crippen LogP contribution in [-0.2, 0) is 9.47 Å². The highest BCUT2D eigenvalue weighted by Crippen LogP contribution is 2.43. The molecular weight excluding hydrogens is 356 g/mol. The van der Waals surface area contributed by atoms with Crippen molar-refractivity contribution in [2.24, 2.45) is 5.92 Å². The van der Waals surface area contributed by atoms with E-state index in [9.17, 15) is 5.11 Å². The van der Waals surface area contributed by atoms with Crippen molar-refractivity contribution in [2.75, 3.05) is 19.8 Å². The van der Waals surface area contributed by atoms with Crippen LogP contribution < -0.4 is 0 Å². The fourth-order valence-electron chi connectivity index (χ4n) is 3.43. The molecule has 2 saturated heterocycles. The number of hydrogen-bond acceptors (Lipinski definition) is 3. The molecule has 2 aliphatic heterocycles. The van der Waals surface area contributed by atoms with Crippen LogP contribution in [0.2, 0.25) is 5.02 Å². The number of rotatable bonds is 2. The zero-order valence-electron chi connectivity index (χ0n) is 11.9. The standard InChI is InChI=1S/C16H20BrClO3/c17-13-3-1-2-12(14(13)18)15(19)11-4-7-21-16(10-11)5-8-20-9-6-16/h1-3,11,15,19H,4-10H2. The second-order valence-corrected chi connectivity index (χ2v) is 7.22. The minimum atomic E-state index is -0.543. The SMILES string of the molecule is OC(c1cccc(Br)c1Cl)C1CCOC2(CCOCC2)C1. The van der Waals surface area contributed by atoms with Crippen LogP contribution in [0.3, 0.4) is 0 Å². The topological polar surface area (TPSA) is 38.7 Å². The van der Waals surface area contributed by atoms with E-state index in [1.807, 2.05) is 18.2 Å². The Morgan fingerprint density at radius 2 is 2.05 bits per heavy atom. The molecule has 1 N–H and O–H groups in total. The molecule has 2 heterocycles. The van der Waals surface area contributed by atoms with Crippen molar-refractivity contribution < 1.29 is 14.6 Å². The lowest BCUT2D eigenvalue weighted by Crippen LogP contribution is -2.45. The summed E-state index contributed by atoms with van der Waals surface area (Å²) in [5.41, 5.74) is 0.695. The van der Waals surface area contributed by atoms with Crippen LogP contribution in [0.5, 0.6) is 0 Å². The van der Waals surface area contributed by atoms with Crippen LogP contribution in [0.4, 0.5) is 0 Å². The van der Waals surface area contributed by atoms with Crippen molar-refractivity contribution in [3.63, 3.8) is 0 Å². The molecule has 2 aliphatic rings. The molecule has 0 radical (unpaired) electrons. The van der Waals surface area contributed by atoms with E-state index < -0.39 is 6.10 Å². The Hall–Kier alpha value is -0.130. The van der Waals surface area contributed by atoms with Gasteiger partial charge in [-0.2, -0.15) is 0 Å². The number of halogens is 2. The predicted molar refractivity (Wildman–Crippen MR) is 85.6 cm³/mol. The lowest BCUT2D eigenvalue weighted by Gasteiger charge is -2.44. The van der Waals surface area contributed by atoms with Crippen molar-refractivity contribution in [2.45, 2.75) is 37.4 Å². The van der Waals surface area contributed by atoms with Gasteiger partial charge in [0.1, 0.15) is 0 Å². The number of benzene rings is 1. The molecule has 0 saturated carbocycles. The minimum absolute atomic E-state index is 0.110. The fourth-order valence-corrected chi connectivity index (χ4v) is 4.05. The van der Waals surface area contributed by atoms with Gasteiger partial charge in [-0.3, -0.25) is 0 Å². The quantitative estimate of drug-likeness (QED) is 0.845. The van der Waals surface area contributed by atoms with E-state index in [0.717, 1.165) is 48.9 Å². The van der Waals surface area contributed by atoms with Crippen LogP contribution in [0.25, 0.3) is 0 Å². The Morgan fingerprint density at radius 1 is 1.29 bits per heavy atom. The second kappa shape index (κ2) is 6.55. The summed E-state index contributed by atoms with van der Waals surface area (Å²) in [7, 11) is 0. The lowest BCUT2D eigenvalue weighted by atomic mass is 9.77. The maximum absolute atomic E-state index is 10.8. The molecule has 0 bridgehead atoms. The first-order valence-corrected chi connectivity index (χ1v) is 8.62. The minimum Gasteiger partial charge on any atom is -0.388 e. The first-order chi connectivity index (χ1) is 10.1. The van der Waals surface area contributed by atoms with Gasteiger partial charge in [-0.15, -0.1) is 0 Å². The molecule has 3 rings (SSSR count). The van der Waals surface area contributed by atoms with Crippen molar-refractivity contribution in [3.8, 4) is 0 Å². The van der Waals surface area contributed by atoms with Gasteiger partial charge in [-0.05, 0) is 53.6 Å². The number of hydrogen-bond donors (Lipinski definition) is 1. The summed E-state index contributed by atoms with van der Waals surface area (Å²) in [6, 6.07) is 5.71. The Kier molecular flexibility index (Phi) is 4.91. The normalized spacial score (nSPS) is 26.7. The first kappa shape index (κ1) is 15.8. The summed E-state index contributed by atoms with van der Waals surface area (Å²) >= 11 is 9.75. The average Bonchev–Trinajstić information content (AvgIpc) is 2.50.